The summed E-state index contributed by atoms with van der Waals surface area (Å²) in [6.07, 6.45) is 2.37. The van der Waals surface area contributed by atoms with E-state index in [0.717, 1.165) is 12.3 Å². The van der Waals surface area contributed by atoms with Crippen LogP contribution in [0.2, 0.25) is 0 Å². The SMILES string of the molecule is C=CC(=O)OC=C(C)C(=O)OCCCO. The first kappa shape index (κ1) is 13.4. The van der Waals surface area contributed by atoms with Gasteiger partial charge in [-0.1, -0.05) is 6.58 Å². The molecule has 0 aromatic heterocycles. The van der Waals surface area contributed by atoms with Crippen molar-refractivity contribution >= 4 is 11.9 Å². The van der Waals surface area contributed by atoms with Crippen LogP contribution in [0.1, 0.15) is 13.3 Å². The molecular weight excluding hydrogens is 200 g/mol. The number of esters is 2. The van der Waals surface area contributed by atoms with E-state index in [2.05, 4.69) is 11.3 Å². The maximum atomic E-state index is 11.1. The highest BCUT2D eigenvalue weighted by Crippen LogP contribution is 1.98. The summed E-state index contributed by atoms with van der Waals surface area (Å²) in [5, 5.41) is 8.44. The molecule has 0 heterocycles. The molecule has 0 saturated carbocycles. The Hall–Kier alpha value is -1.62. The number of rotatable bonds is 6. The van der Waals surface area contributed by atoms with Gasteiger partial charge in [0, 0.05) is 19.1 Å². The van der Waals surface area contributed by atoms with Crippen LogP contribution in [0.15, 0.2) is 24.5 Å². The molecule has 0 aromatic carbocycles. The second-order valence-electron chi connectivity index (χ2n) is 2.65. The molecular formula is C10H14O5. The molecule has 0 aliphatic rings. The lowest BCUT2D eigenvalue weighted by atomic mass is 10.3. The van der Waals surface area contributed by atoms with E-state index >= 15 is 0 Å². The van der Waals surface area contributed by atoms with Crippen molar-refractivity contribution in [3.63, 3.8) is 0 Å². The van der Waals surface area contributed by atoms with E-state index < -0.39 is 11.9 Å². The van der Waals surface area contributed by atoms with E-state index in [9.17, 15) is 9.59 Å². The Morgan fingerprint density at radius 2 is 2.13 bits per heavy atom. The minimum absolute atomic E-state index is 0.0402. The van der Waals surface area contributed by atoms with Gasteiger partial charge in [-0.25, -0.2) is 9.59 Å². The van der Waals surface area contributed by atoms with Gasteiger partial charge in [-0.2, -0.15) is 0 Å². The molecule has 0 radical (unpaired) electrons. The zero-order valence-electron chi connectivity index (χ0n) is 8.56. The Balaban J connectivity index is 3.96. The number of carbonyl (C=O) groups excluding carboxylic acids is 2. The summed E-state index contributed by atoms with van der Waals surface area (Å²) in [6, 6.07) is 0. The smallest absolute Gasteiger partial charge is 0.336 e. The van der Waals surface area contributed by atoms with Crippen LogP contribution in [-0.4, -0.2) is 30.3 Å². The van der Waals surface area contributed by atoms with Gasteiger partial charge in [0.1, 0.15) is 6.26 Å². The number of hydrogen-bond donors (Lipinski definition) is 1. The maximum Gasteiger partial charge on any atom is 0.336 e. The molecule has 0 aliphatic carbocycles. The van der Waals surface area contributed by atoms with Crippen LogP contribution in [0.4, 0.5) is 0 Å². The highest BCUT2D eigenvalue weighted by atomic mass is 16.5. The van der Waals surface area contributed by atoms with Crippen LogP contribution in [0, 0.1) is 0 Å². The number of carbonyl (C=O) groups is 2. The second kappa shape index (κ2) is 7.75. The Bertz CT molecular complexity index is 267. The fraction of sp³-hybridized carbons (Fsp3) is 0.400. The summed E-state index contributed by atoms with van der Waals surface area (Å²) in [5.41, 5.74) is 0.170. The topological polar surface area (TPSA) is 72.8 Å². The van der Waals surface area contributed by atoms with E-state index in [0.29, 0.717) is 6.42 Å². The van der Waals surface area contributed by atoms with Gasteiger partial charge >= 0.3 is 11.9 Å². The predicted octanol–water partition coefficient (Wildman–Crippen LogP) is 0.545. The fourth-order valence-electron chi connectivity index (χ4n) is 0.586. The van der Waals surface area contributed by atoms with Crippen molar-refractivity contribution in [3.8, 4) is 0 Å². The third-order valence-electron chi connectivity index (χ3n) is 1.38. The van der Waals surface area contributed by atoms with Crippen molar-refractivity contribution in [3.05, 3.63) is 24.5 Å². The summed E-state index contributed by atoms with van der Waals surface area (Å²) in [7, 11) is 0. The summed E-state index contributed by atoms with van der Waals surface area (Å²) in [5.74, 6) is -1.22. The van der Waals surface area contributed by atoms with E-state index in [1.807, 2.05) is 0 Å². The Morgan fingerprint density at radius 1 is 1.47 bits per heavy atom. The number of hydrogen-bond acceptors (Lipinski definition) is 5. The van der Waals surface area contributed by atoms with Gasteiger partial charge in [0.25, 0.3) is 0 Å². The largest absolute Gasteiger partial charge is 0.462 e. The Labute approximate surface area is 88.0 Å². The molecule has 5 heteroatoms. The molecule has 1 N–H and O–H groups in total. The fourth-order valence-corrected chi connectivity index (χ4v) is 0.586. The molecule has 0 spiro atoms. The molecule has 0 amide bonds. The summed E-state index contributed by atoms with van der Waals surface area (Å²) in [4.78, 5) is 21.8. The van der Waals surface area contributed by atoms with Gasteiger partial charge in [0.2, 0.25) is 0 Å². The molecule has 0 atom stereocenters. The van der Waals surface area contributed by atoms with Crippen molar-refractivity contribution in [1.29, 1.82) is 0 Å². The first-order valence-corrected chi connectivity index (χ1v) is 4.39. The zero-order valence-corrected chi connectivity index (χ0v) is 8.56. The van der Waals surface area contributed by atoms with Crippen LogP contribution in [0.3, 0.4) is 0 Å². The third-order valence-corrected chi connectivity index (χ3v) is 1.38. The average Bonchev–Trinajstić information content (AvgIpc) is 2.25. The monoisotopic (exact) mass is 214 g/mol. The first-order valence-electron chi connectivity index (χ1n) is 4.39. The number of ether oxygens (including phenoxy) is 2. The standard InChI is InChI=1S/C10H14O5/c1-3-9(12)15-7-8(2)10(13)14-6-4-5-11/h3,7,11H,1,4-6H2,2H3. The minimum Gasteiger partial charge on any atom is -0.462 e. The van der Waals surface area contributed by atoms with Gasteiger partial charge < -0.3 is 14.6 Å². The lowest BCUT2D eigenvalue weighted by Gasteiger charge is -2.03. The summed E-state index contributed by atoms with van der Waals surface area (Å²) < 4.78 is 9.24. The molecule has 0 aromatic rings. The van der Waals surface area contributed by atoms with Gasteiger partial charge in [-0.05, 0) is 6.92 Å². The molecule has 0 rings (SSSR count). The van der Waals surface area contributed by atoms with Crippen molar-refractivity contribution in [2.45, 2.75) is 13.3 Å². The van der Waals surface area contributed by atoms with Crippen LogP contribution in [0.25, 0.3) is 0 Å². The average molecular weight is 214 g/mol. The first-order chi connectivity index (χ1) is 7.11. The van der Waals surface area contributed by atoms with Crippen molar-refractivity contribution < 1.29 is 24.2 Å². The quantitative estimate of drug-likeness (QED) is 0.302. The van der Waals surface area contributed by atoms with Crippen molar-refractivity contribution in [1.82, 2.24) is 0 Å². The van der Waals surface area contributed by atoms with Crippen LogP contribution in [-0.2, 0) is 19.1 Å². The predicted molar refractivity (Wildman–Crippen MR) is 52.7 cm³/mol. The molecule has 0 saturated heterocycles. The highest BCUT2D eigenvalue weighted by molar-refractivity contribution is 5.88. The van der Waals surface area contributed by atoms with Gasteiger partial charge in [-0.3, -0.25) is 0 Å². The molecule has 15 heavy (non-hydrogen) atoms. The molecule has 84 valence electrons. The lowest BCUT2D eigenvalue weighted by molar-refractivity contribution is -0.139. The Morgan fingerprint density at radius 3 is 2.67 bits per heavy atom. The van der Waals surface area contributed by atoms with Crippen LogP contribution in [0.5, 0.6) is 0 Å². The van der Waals surface area contributed by atoms with Gasteiger partial charge in [0.05, 0.1) is 12.2 Å². The molecule has 0 aliphatic heterocycles. The molecule has 0 unspecified atom stereocenters. The van der Waals surface area contributed by atoms with Crippen molar-refractivity contribution in [2.24, 2.45) is 0 Å². The van der Waals surface area contributed by atoms with E-state index in [1.54, 1.807) is 0 Å². The van der Waals surface area contributed by atoms with E-state index in [1.165, 1.54) is 6.92 Å². The van der Waals surface area contributed by atoms with Gasteiger partial charge in [-0.15, -0.1) is 0 Å². The van der Waals surface area contributed by atoms with E-state index in [4.69, 9.17) is 9.84 Å². The molecule has 5 nitrogen and oxygen atoms in total. The summed E-state index contributed by atoms with van der Waals surface area (Å²) >= 11 is 0. The molecule has 0 fully saturated rings. The van der Waals surface area contributed by atoms with Crippen molar-refractivity contribution in [2.75, 3.05) is 13.2 Å². The molecule has 0 bridgehead atoms. The number of aliphatic hydroxyl groups excluding tert-OH is 1. The van der Waals surface area contributed by atoms with Crippen LogP contribution < -0.4 is 0 Å². The Kier molecular flexibility index (Phi) is 6.92. The normalized spacial score (nSPS) is 10.7. The second-order valence-corrected chi connectivity index (χ2v) is 2.65. The maximum absolute atomic E-state index is 11.1. The van der Waals surface area contributed by atoms with Crippen LogP contribution >= 0.6 is 0 Å². The highest BCUT2D eigenvalue weighted by Gasteiger charge is 2.06. The minimum atomic E-state index is -0.641. The third kappa shape index (κ3) is 6.45. The zero-order chi connectivity index (χ0) is 11.7. The van der Waals surface area contributed by atoms with Gasteiger partial charge in [0.15, 0.2) is 0 Å². The van der Waals surface area contributed by atoms with E-state index in [-0.39, 0.29) is 18.8 Å². The lowest BCUT2D eigenvalue weighted by Crippen LogP contribution is -2.09. The summed E-state index contributed by atoms with van der Waals surface area (Å²) in [6.45, 7) is 4.75. The number of aliphatic hydroxyl groups is 1.